The van der Waals surface area contributed by atoms with E-state index >= 15 is 0 Å². The molecule has 2 rings (SSSR count). The zero-order valence-electron chi connectivity index (χ0n) is 11.9. The molecular weight excluding hydrogens is 307 g/mol. The molecule has 1 amide bonds. The van der Waals surface area contributed by atoms with E-state index in [1.54, 1.807) is 37.2 Å². The van der Waals surface area contributed by atoms with Gasteiger partial charge in [-0.15, -0.1) is 0 Å². The van der Waals surface area contributed by atoms with Crippen LogP contribution in [0.15, 0.2) is 42.5 Å². The fraction of sp³-hybridized carbons (Fsp3) is 0.188. The van der Waals surface area contributed by atoms with Crippen molar-refractivity contribution in [2.45, 2.75) is 6.54 Å². The summed E-state index contributed by atoms with van der Waals surface area (Å²) in [5, 5.41) is 4.20. The van der Waals surface area contributed by atoms with Crippen molar-refractivity contribution in [3.63, 3.8) is 0 Å². The molecule has 0 aromatic heterocycles. The molecule has 3 nitrogen and oxygen atoms in total. The van der Waals surface area contributed by atoms with Crippen molar-refractivity contribution in [3.05, 3.63) is 63.6 Å². The number of nitrogens with zero attached hydrogens (tertiary/aromatic N) is 1. The van der Waals surface area contributed by atoms with Gasteiger partial charge in [0.25, 0.3) is 5.91 Å². The second-order valence-corrected chi connectivity index (χ2v) is 5.60. The zero-order valence-corrected chi connectivity index (χ0v) is 13.4. The van der Waals surface area contributed by atoms with Gasteiger partial charge in [0.15, 0.2) is 0 Å². The van der Waals surface area contributed by atoms with Crippen molar-refractivity contribution >= 4 is 34.8 Å². The maximum Gasteiger partial charge on any atom is 0.256 e. The number of benzene rings is 2. The summed E-state index contributed by atoms with van der Waals surface area (Å²) in [6.07, 6.45) is 0. The van der Waals surface area contributed by atoms with E-state index in [0.29, 0.717) is 22.2 Å². The van der Waals surface area contributed by atoms with Crippen LogP contribution in [-0.4, -0.2) is 24.9 Å². The van der Waals surface area contributed by atoms with E-state index in [2.05, 4.69) is 5.32 Å². The van der Waals surface area contributed by atoms with Crippen molar-refractivity contribution in [3.8, 4) is 0 Å². The lowest BCUT2D eigenvalue weighted by Crippen LogP contribution is -2.26. The highest BCUT2D eigenvalue weighted by Gasteiger charge is 2.16. The number of anilines is 1. The molecule has 0 saturated heterocycles. The predicted octanol–water partition coefficient (Wildman–Crippen LogP) is 4.31. The summed E-state index contributed by atoms with van der Waals surface area (Å²) >= 11 is 12.0. The molecule has 0 bridgehead atoms. The molecule has 0 saturated carbocycles. The molecule has 110 valence electrons. The SMILES string of the molecule is CNc1ccc(Cl)cc1C(=O)N(C)Cc1cccc(Cl)c1. The summed E-state index contributed by atoms with van der Waals surface area (Å²) in [4.78, 5) is 14.2. The molecule has 2 aromatic carbocycles. The van der Waals surface area contributed by atoms with Crippen LogP contribution in [-0.2, 0) is 6.54 Å². The molecule has 5 heteroatoms. The van der Waals surface area contributed by atoms with E-state index in [9.17, 15) is 4.79 Å². The Balaban J connectivity index is 2.21. The van der Waals surface area contributed by atoms with Crippen LogP contribution in [0.3, 0.4) is 0 Å². The molecule has 21 heavy (non-hydrogen) atoms. The lowest BCUT2D eigenvalue weighted by Gasteiger charge is -2.19. The molecule has 0 aliphatic carbocycles. The number of amides is 1. The fourth-order valence-electron chi connectivity index (χ4n) is 2.10. The molecule has 0 atom stereocenters. The molecule has 0 spiro atoms. The first-order chi connectivity index (χ1) is 10.0. The summed E-state index contributed by atoms with van der Waals surface area (Å²) in [6, 6.07) is 12.7. The van der Waals surface area contributed by atoms with Gasteiger partial charge < -0.3 is 10.2 Å². The van der Waals surface area contributed by atoms with Crippen molar-refractivity contribution in [1.82, 2.24) is 4.90 Å². The number of carbonyl (C=O) groups excluding carboxylic acids is 1. The molecule has 1 N–H and O–H groups in total. The number of nitrogens with one attached hydrogen (secondary N) is 1. The van der Waals surface area contributed by atoms with Gasteiger partial charge in [-0.3, -0.25) is 4.79 Å². The quantitative estimate of drug-likeness (QED) is 0.909. The van der Waals surface area contributed by atoms with Gasteiger partial charge in [0, 0.05) is 36.4 Å². The van der Waals surface area contributed by atoms with Crippen LogP contribution in [0.1, 0.15) is 15.9 Å². The summed E-state index contributed by atoms with van der Waals surface area (Å²) in [5.74, 6) is -0.0955. The third-order valence-electron chi connectivity index (χ3n) is 3.14. The molecule has 0 aliphatic rings. The number of hydrogen-bond acceptors (Lipinski definition) is 2. The Morgan fingerprint density at radius 3 is 2.52 bits per heavy atom. The van der Waals surface area contributed by atoms with Gasteiger partial charge in [0.1, 0.15) is 0 Å². The first kappa shape index (κ1) is 15.7. The van der Waals surface area contributed by atoms with Crippen LogP contribution in [0.5, 0.6) is 0 Å². The van der Waals surface area contributed by atoms with Gasteiger partial charge in [-0.2, -0.15) is 0 Å². The van der Waals surface area contributed by atoms with Crippen LogP contribution < -0.4 is 5.32 Å². The van der Waals surface area contributed by atoms with Gasteiger partial charge in [-0.05, 0) is 35.9 Å². The summed E-state index contributed by atoms with van der Waals surface area (Å²) < 4.78 is 0. The van der Waals surface area contributed by atoms with E-state index in [1.165, 1.54) is 0 Å². The van der Waals surface area contributed by atoms with Crippen LogP contribution in [0.2, 0.25) is 10.0 Å². The Labute approximate surface area is 134 Å². The molecular formula is C16H16Cl2N2O. The average Bonchev–Trinajstić information content (AvgIpc) is 2.46. The number of rotatable bonds is 4. The minimum atomic E-state index is -0.0955. The highest BCUT2D eigenvalue weighted by Crippen LogP contribution is 2.22. The third kappa shape index (κ3) is 3.90. The maximum atomic E-state index is 12.6. The van der Waals surface area contributed by atoms with Crippen molar-refractivity contribution < 1.29 is 4.79 Å². The Morgan fingerprint density at radius 2 is 1.86 bits per heavy atom. The zero-order chi connectivity index (χ0) is 15.4. The molecule has 2 aromatic rings. The first-order valence-electron chi connectivity index (χ1n) is 6.48. The molecule has 0 fully saturated rings. The Hall–Kier alpha value is -1.71. The number of halogens is 2. The number of carbonyl (C=O) groups is 1. The van der Waals surface area contributed by atoms with Gasteiger partial charge in [-0.25, -0.2) is 0 Å². The number of hydrogen-bond donors (Lipinski definition) is 1. The Kier molecular flexibility index (Phi) is 5.10. The van der Waals surface area contributed by atoms with Crippen LogP contribution >= 0.6 is 23.2 Å². The van der Waals surface area contributed by atoms with Gasteiger partial charge in [0.05, 0.1) is 5.56 Å². The van der Waals surface area contributed by atoms with Crippen molar-refractivity contribution in [2.75, 3.05) is 19.4 Å². The topological polar surface area (TPSA) is 32.3 Å². The highest BCUT2D eigenvalue weighted by molar-refractivity contribution is 6.31. The third-order valence-corrected chi connectivity index (χ3v) is 3.61. The smallest absolute Gasteiger partial charge is 0.256 e. The first-order valence-corrected chi connectivity index (χ1v) is 7.24. The Morgan fingerprint density at radius 1 is 1.14 bits per heavy atom. The minimum absolute atomic E-state index is 0.0955. The van der Waals surface area contributed by atoms with E-state index in [-0.39, 0.29) is 5.91 Å². The maximum absolute atomic E-state index is 12.6. The lowest BCUT2D eigenvalue weighted by molar-refractivity contribution is 0.0786. The van der Waals surface area contributed by atoms with Gasteiger partial charge in [-0.1, -0.05) is 35.3 Å². The summed E-state index contributed by atoms with van der Waals surface area (Å²) in [7, 11) is 3.53. The van der Waals surface area contributed by atoms with E-state index in [0.717, 1.165) is 11.3 Å². The van der Waals surface area contributed by atoms with Gasteiger partial charge >= 0.3 is 0 Å². The average molecular weight is 323 g/mol. The molecule has 0 aliphatic heterocycles. The van der Waals surface area contributed by atoms with Crippen LogP contribution in [0.4, 0.5) is 5.69 Å². The normalized spacial score (nSPS) is 10.3. The second kappa shape index (κ2) is 6.83. The standard InChI is InChI=1S/C16H16Cl2N2O/c1-19-15-7-6-13(18)9-14(15)16(21)20(2)10-11-4-3-5-12(17)8-11/h3-9,19H,10H2,1-2H3. The summed E-state index contributed by atoms with van der Waals surface area (Å²) in [5.41, 5.74) is 2.28. The fourth-order valence-corrected chi connectivity index (χ4v) is 2.48. The van der Waals surface area contributed by atoms with E-state index in [1.807, 2.05) is 24.3 Å². The second-order valence-electron chi connectivity index (χ2n) is 4.73. The summed E-state index contributed by atoms with van der Waals surface area (Å²) in [6.45, 7) is 0.481. The van der Waals surface area contributed by atoms with Crippen LogP contribution in [0.25, 0.3) is 0 Å². The highest BCUT2D eigenvalue weighted by atomic mass is 35.5. The molecule has 0 heterocycles. The van der Waals surface area contributed by atoms with Crippen LogP contribution in [0, 0.1) is 0 Å². The lowest BCUT2D eigenvalue weighted by atomic mass is 10.1. The van der Waals surface area contributed by atoms with Crippen molar-refractivity contribution in [2.24, 2.45) is 0 Å². The molecule has 0 unspecified atom stereocenters. The van der Waals surface area contributed by atoms with Crippen molar-refractivity contribution in [1.29, 1.82) is 0 Å². The molecule has 0 radical (unpaired) electrons. The largest absolute Gasteiger partial charge is 0.387 e. The minimum Gasteiger partial charge on any atom is -0.387 e. The van der Waals surface area contributed by atoms with E-state index < -0.39 is 0 Å². The monoisotopic (exact) mass is 322 g/mol. The Bertz CT molecular complexity index is 658. The predicted molar refractivity (Wildman–Crippen MR) is 88.2 cm³/mol. The van der Waals surface area contributed by atoms with Gasteiger partial charge in [0.2, 0.25) is 0 Å². The van der Waals surface area contributed by atoms with E-state index in [4.69, 9.17) is 23.2 Å².